The van der Waals surface area contributed by atoms with Gasteiger partial charge in [-0.25, -0.2) is 5.10 Å². The number of nitrogens with zero attached hydrogens (tertiary/aromatic N) is 1. The Morgan fingerprint density at radius 2 is 2.41 bits per heavy atom. The van der Waals surface area contributed by atoms with Gasteiger partial charge in [-0.1, -0.05) is 15.9 Å². The molecule has 0 aliphatic heterocycles. The van der Waals surface area contributed by atoms with Crippen LogP contribution in [0.25, 0.3) is 0 Å². The van der Waals surface area contributed by atoms with E-state index in [0.717, 1.165) is 11.8 Å². The maximum absolute atomic E-state index is 11.7. The average Bonchev–Trinajstić information content (AvgIpc) is 2.30. The van der Waals surface area contributed by atoms with Crippen LogP contribution in [0.4, 0.5) is 0 Å². The molecule has 17 heavy (non-hydrogen) atoms. The van der Waals surface area contributed by atoms with Gasteiger partial charge in [0.05, 0.1) is 12.6 Å². The summed E-state index contributed by atoms with van der Waals surface area (Å²) in [5, 5.41) is 9.40. The fourth-order valence-electron chi connectivity index (χ4n) is 1.26. The molecule has 0 aromatic carbocycles. The largest absolute Gasteiger partial charge is 0.383 e. The predicted molar refractivity (Wildman–Crippen MR) is 66.4 cm³/mol. The Bertz CT molecular complexity index is 395. The monoisotopic (exact) mass is 303 g/mol. The van der Waals surface area contributed by atoms with E-state index in [2.05, 4.69) is 31.4 Å². The highest BCUT2D eigenvalue weighted by Gasteiger charge is 2.14. The molecule has 1 aromatic heterocycles. The molecule has 0 spiro atoms. The highest BCUT2D eigenvalue weighted by molar-refractivity contribution is 9.09. The van der Waals surface area contributed by atoms with Crippen LogP contribution in [0.15, 0.2) is 16.9 Å². The Labute approximate surface area is 107 Å². The van der Waals surface area contributed by atoms with Gasteiger partial charge in [-0.3, -0.25) is 9.59 Å². The number of carbonyl (C=O) groups excluding carboxylic acids is 1. The number of rotatable bonds is 6. The lowest BCUT2D eigenvalue weighted by atomic mass is 10.2. The molecule has 0 radical (unpaired) electrons. The molecule has 94 valence electrons. The van der Waals surface area contributed by atoms with Crippen LogP contribution in [-0.4, -0.2) is 41.2 Å². The van der Waals surface area contributed by atoms with E-state index in [-0.39, 0.29) is 23.2 Å². The van der Waals surface area contributed by atoms with Crippen molar-refractivity contribution in [3.8, 4) is 0 Å². The van der Waals surface area contributed by atoms with Crippen LogP contribution in [0.5, 0.6) is 0 Å². The summed E-state index contributed by atoms with van der Waals surface area (Å²) in [6, 6.07) is 2.56. The van der Waals surface area contributed by atoms with Crippen LogP contribution in [0.1, 0.15) is 16.9 Å². The summed E-state index contributed by atoms with van der Waals surface area (Å²) in [5.41, 5.74) is -0.157. The molecule has 6 nitrogen and oxygen atoms in total. The topological polar surface area (TPSA) is 84.1 Å². The van der Waals surface area contributed by atoms with Gasteiger partial charge < -0.3 is 10.1 Å². The molecule has 1 unspecified atom stereocenters. The van der Waals surface area contributed by atoms with Gasteiger partial charge in [0.1, 0.15) is 5.69 Å². The lowest BCUT2D eigenvalue weighted by molar-refractivity contribution is 0.0889. The molecule has 0 bridgehead atoms. The van der Waals surface area contributed by atoms with Crippen molar-refractivity contribution < 1.29 is 9.53 Å². The van der Waals surface area contributed by atoms with Crippen molar-refractivity contribution in [2.24, 2.45) is 0 Å². The predicted octanol–water partition coefficient (Wildman–Crippen LogP) is 0.300. The van der Waals surface area contributed by atoms with E-state index < -0.39 is 0 Å². The maximum Gasteiger partial charge on any atom is 0.272 e. The number of halogens is 1. The van der Waals surface area contributed by atoms with Gasteiger partial charge in [-0.05, 0) is 12.5 Å². The summed E-state index contributed by atoms with van der Waals surface area (Å²) < 4.78 is 5.00. The second kappa shape index (κ2) is 7.18. The van der Waals surface area contributed by atoms with Crippen molar-refractivity contribution in [3.63, 3.8) is 0 Å². The highest BCUT2D eigenvalue weighted by Crippen LogP contribution is 1.99. The van der Waals surface area contributed by atoms with Crippen LogP contribution >= 0.6 is 15.9 Å². The lowest BCUT2D eigenvalue weighted by Gasteiger charge is -2.16. The molecule has 0 aliphatic carbocycles. The first-order chi connectivity index (χ1) is 8.17. The van der Waals surface area contributed by atoms with Crippen molar-refractivity contribution >= 4 is 21.8 Å². The fourth-order valence-corrected chi connectivity index (χ4v) is 1.81. The van der Waals surface area contributed by atoms with E-state index in [0.29, 0.717) is 6.61 Å². The fraction of sp³-hybridized carbons (Fsp3) is 0.500. The zero-order valence-electron chi connectivity index (χ0n) is 9.40. The third kappa shape index (κ3) is 4.66. The summed E-state index contributed by atoms with van der Waals surface area (Å²) >= 11 is 3.31. The molecule has 1 heterocycles. The zero-order chi connectivity index (χ0) is 12.7. The van der Waals surface area contributed by atoms with E-state index in [1.54, 1.807) is 7.11 Å². The smallest absolute Gasteiger partial charge is 0.272 e. The summed E-state index contributed by atoms with van der Waals surface area (Å²) in [5.74, 6) is -0.329. The zero-order valence-corrected chi connectivity index (χ0v) is 11.0. The van der Waals surface area contributed by atoms with Crippen molar-refractivity contribution in [2.75, 3.05) is 19.0 Å². The molecule has 7 heteroatoms. The van der Waals surface area contributed by atoms with Gasteiger partial charge in [-0.15, -0.1) is 0 Å². The van der Waals surface area contributed by atoms with Crippen LogP contribution < -0.4 is 10.9 Å². The summed E-state index contributed by atoms with van der Waals surface area (Å²) in [6.45, 7) is 0.431. The standard InChI is InChI=1S/C10H14BrN3O3/c1-17-6-7(4-5-11)12-10(16)8-2-3-9(15)14-13-8/h2-3,7H,4-6H2,1H3,(H,12,16)(H,14,15). The SMILES string of the molecule is COCC(CCBr)NC(=O)c1ccc(=O)[nH]n1. The number of nitrogens with one attached hydrogen (secondary N) is 2. The van der Waals surface area contributed by atoms with Crippen molar-refractivity contribution in [3.05, 3.63) is 28.2 Å². The number of methoxy groups -OCH3 is 1. The van der Waals surface area contributed by atoms with Gasteiger partial charge in [0.2, 0.25) is 0 Å². The van der Waals surface area contributed by atoms with Gasteiger partial charge in [0.25, 0.3) is 11.5 Å². The van der Waals surface area contributed by atoms with E-state index in [1.165, 1.54) is 12.1 Å². The molecular formula is C10H14BrN3O3. The number of aromatic amines is 1. The summed E-state index contributed by atoms with van der Waals surface area (Å²) in [4.78, 5) is 22.5. The molecule has 0 fully saturated rings. The quantitative estimate of drug-likeness (QED) is 0.740. The Kier molecular flexibility index (Phi) is 5.85. The first kappa shape index (κ1) is 13.9. The first-order valence-corrected chi connectivity index (χ1v) is 6.21. The summed E-state index contributed by atoms with van der Waals surface area (Å²) in [7, 11) is 1.58. The minimum Gasteiger partial charge on any atom is -0.383 e. The van der Waals surface area contributed by atoms with E-state index in [4.69, 9.17) is 4.74 Å². The number of alkyl halides is 1. The number of ether oxygens (including phenoxy) is 1. The first-order valence-electron chi connectivity index (χ1n) is 5.09. The minimum absolute atomic E-state index is 0.0828. The molecule has 1 amide bonds. The molecule has 0 aliphatic rings. The van der Waals surface area contributed by atoms with Gasteiger partial charge in [0.15, 0.2) is 0 Å². The average molecular weight is 304 g/mol. The Morgan fingerprint density at radius 3 is 2.94 bits per heavy atom. The minimum atomic E-state index is -0.338. The Morgan fingerprint density at radius 1 is 1.65 bits per heavy atom. The molecule has 0 saturated heterocycles. The lowest BCUT2D eigenvalue weighted by Crippen LogP contribution is -2.39. The number of hydrogen-bond acceptors (Lipinski definition) is 4. The van der Waals surface area contributed by atoms with Crippen molar-refractivity contribution in [2.45, 2.75) is 12.5 Å². The van der Waals surface area contributed by atoms with Crippen LogP contribution in [-0.2, 0) is 4.74 Å². The molecule has 1 rings (SSSR count). The van der Waals surface area contributed by atoms with Gasteiger partial charge in [-0.2, -0.15) is 5.10 Å². The highest BCUT2D eigenvalue weighted by atomic mass is 79.9. The van der Waals surface area contributed by atoms with E-state index in [9.17, 15) is 9.59 Å². The molecule has 1 atom stereocenters. The normalized spacial score (nSPS) is 12.1. The van der Waals surface area contributed by atoms with E-state index >= 15 is 0 Å². The number of hydrogen-bond donors (Lipinski definition) is 2. The number of H-pyrrole nitrogens is 1. The second-order valence-corrected chi connectivity index (χ2v) is 4.20. The Balaban J connectivity index is 2.63. The summed E-state index contributed by atoms with van der Waals surface area (Å²) in [6.07, 6.45) is 0.753. The van der Waals surface area contributed by atoms with Crippen LogP contribution in [0, 0.1) is 0 Å². The second-order valence-electron chi connectivity index (χ2n) is 3.41. The third-order valence-corrected chi connectivity index (χ3v) is 2.53. The third-order valence-electron chi connectivity index (χ3n) is 2.07. The van der Waals surface area contributed by atoms with E-state index in [1.807, 2.05) is 0 Å². The van der Waals surface area contributed by atoms with Crippen molar-refractivity contribution in [1.29, 1.82) is 0 Å². The van der Waals surface area contributed by atoms with Crippen LogP contribution in [0.3, 0.4) is 0 Å². The number of aromatic nitrogens is 2. The Hall–Kier alpha value is -1.21. The maximum atomic E-state index is 11.7. The molecule has 1 aromatic rings. The van der Waals surface area contributed by atoms with Gasteiger partial charge in [0, 0.05) is 18.5 Å². The molecule has 2 N–H and O–H groups in total. The number of amides is 1. The van der Waals surface area contributed by atoms with Gasteiger partial charge >= 0.3 is 0 Å². The molecule has 0 saturated carbocycles. The van der Waals surface area contributed by atoms with Crippen LogP contribution in [0.2, 0.25) is 0 Å². The molecular weight excluding hydrogens is 290 g/mol. The number of carbonyl (C=O) groups is 1. The van der Waals surface area contributed by atoms with Crippen molar-refractivity contribution in [1.82, 2.24) is 15.5 Å².